The molecule has 0 saturated carbocycles. The number of fused-ring (bicyclic) bond motifs is 1. The van der Waals surface area contributed by atoms with E-state index in [1.807, 2.05) is 43.3 Å². The summed E-state index contributed by atoms with van der Waals surface area (Å²) in [6, 6.07) is 12.3. The van der Waals surface area contributed by atoms with E-state index in [1.165, 1.54) is 5.39 Å². The normalized spacial score (nSPS) is 12.9. The summed E-state index contributed by atoms with van der Waals surface area (Å²) >= 11 is 3.56. The topological polar surface area (TPSA) is 35.5 Å². The second-order valence-electron chi connectivity index (χ2n) is 4.94. The monoisotopic (exact) mass is 322 g/mol. The molecule has 0 aliphatic heterocycles. The van der Waals surface area contributed by atoms with E-state index in [1.54, 1.807) is 0 Å². The summed E-state index contributed by atoms with van der Waals surface area (Å²) in [5.74, 6) is 0. The van der Waals surface area contributed by atoms with Gasteiger partial charge in [0.05, 0.1) is 6.10 Å². The van der Waals surface area contributed by atoms with Crippen molar-refractivity contribution >= 4 is 32.4 Å². The molecule has 0 aliphatic rings. The van der Waals surface area contributed by atoms with Crippen LogP contribution in [0.4, 0.5) is 5.69 Å². The fraction of sp³-hybridized carbons (Fsp3) is 0.333. The summed E-state index contributed by atoms with van der Waals surface area (Å²) in [6.07, 6.45) is -0.377. The van der Waals surface area contributed by atoms with Crippen LogP contribution in [0.2, 0.25) is 0 Å². The summed E-state index contributed by atoms with van der Waals surface area (Å²) < 4.78 is 1.09. The fourth-order valence-electron chi connectivity index (χ4n) is 2.13. The lowest BCUT2D eigenvalue weighted by atomic mass is 10.1. The second-order valence-corrected chi connectivity index (χ2v) is 5.79. The summed E-state index contributed by atoms with van der Waals surface area (Å²) in [4.78, 5) is 1.98. The number of hydrogen-bond donors (Lipinski definition) is 2. The number of hydrogen-bond acceptors (Lipinski definition) is 3. The van der Waals surface area contributed by atoms with Crippen molar-refractivity contribution in [2.24, 2.45) is 0 Å². The Bertz CT molecular complexity index is 557. The van der Waals surface area contributed by atoms with Gasteiger partial charge in [-0.05, 0) is 31.6 Å². The molecule has 4 heteroatoms. The molecule has 0 aromatic heterocycles. The molecule has 2 N–H and O–H groups in total. The Morgan fingerprint density at radius 3 is 2.53 bits per heavy atom. The highest BCUT2D eigenvalue weighted by atomic mass is 79.9. The van der Waals surface area contributed by atoms with E-state index in [2.05, 4.69) is 33.4 Å². The minimum Gasteiger partial charge on any atom is -0.390 e. The Kier molecular flexibility index (Phi) is 4.80. The number of nitrogens with one attached hydrogen (secondary N) is 1. The number of rotatable bonds is 5. The number of nitrogens with zero attached hydrogens (tertiary/aromatic N) is 1. The number of aliphatic hydroxyl groups is 1. The van der Waals surface area contributed by atoms with Gasteiger partial charge in [-0.3, -0.25) is 0 Å². The highest BCUT2D eigenvalue weighted by Crippen LogP contribution is 2.29. The molecule has 0 radical (unpaired) electrons. The first kappa shape index (κ1) is 14.3. The Labute approximate surface area is 122 Å². The molecule has 3 nitrogen and oxygen atoms in total. The summed E-state index contributed by atoms with van der Waals surface area (Å²) in [7, 11) is 3.91. The Hall–Kier alpha value is -1.10. The van der Waals surface area contributed by atoms with Gasteiger partial charge in [0.25, 0.3) is 0 Å². The van der Waals surface area contributed by atoms with E-state index in [0.29, 0.717) is 13.1 Å². The van der Waals surface area contributed by atoms with Crippen LogP contribution in [0.5, 0.6) is 0 Å². The molecular formula is C15H19BrN2O. The van der Waals surface area contributed by atoms with Crippen LogP contribution < -0.4 is 5.32 Å². The van der Waals surface area contributed by atoms with Gasteiger partial charge >= 0.3 is 0 Å². The van der Waals surface area contributed by atoms with Gasteiger partial charge < -0.3 is 15.3 Å². The molecular weight excluding hydrogens is 304 g/mol. The van der Waals surface area contributed by atoms with Gasteiger partial charge in [-0.15, -0.1) is 0 Å². The highest BCUT2D eigenvalue weighted by molar-refractivity contribution is 9.10. The Balaban J connectivity index is 2.15. The first-order valence-corrected chi connectivity index (χ1v) is 7.11. The minimum absolute atomic E-state index is 0.377. The molecule has 1 unspecified atom stereocenters. The maximum atomic E-state index is 9.89. The molecule has 0 aliphatic carbocycles. The maximum Gasteiger partial charge on any atom is 0.0838 e. The molecule has 19 heavy (non-hydrogen) atoms. The standard InChI is InChI=1S/C15H19BrN2O/c1-18(2)10-11(19)9-17-15-8-7-14(16)12-5-3-4-6-13(12)15/h3-8,11,17,19H,9-10H2,1-2H3. The van der Waals surface area contributed by atoms with Crippen molar-refractivity contribution in [1.82, 2.24) is 4.90 Å². The van der Waals surface area contributed by atoms with Crippen molar-refractivity contribution in [1.29, 1.82) is 0 Å². The second kappa shape index (κ2) is 6.37. The average Bonchev–Trinajstić information content (AvgIpc) is 2.37. The third kappa shape index (κ3) is 3.69. The summed E-state index contributed by atoms with van der Waals surface area (Å²) in [6.45, 7) is 1.20. The van der Waals surface area contributed by atoms with E-state index in [0.717, 1.165) is 15.5 Å². The predicted octanol–water partition coefficient (Wildman–Crippen LogP) is 2.94. The van der Waals surface area contributed by atoms with Crippen molar-refractivity contribution in [2.45, 2.75) is 6.10 Å². The third-order valence-corrected chi connectivity index (χ3v) is 3.67. The lowest BCUT2D eigenvalue weighted by Crippen LogP contribution is -2.31. The van der Waals surface area contributed by atoms with Crippen LogP contribution in [0, 0.1) is 0 Å². The van der Waals surface area contributed by atoms with E-state index in [4.69, 9.17) is 0 Å². The molecule has 102 valence electrons. The van der Waals surface area contributed by atoms with Gasteiger partial charge in [0, 0.05) is 28.6 Å². The highest BCUT2D eigenvalue weighted by Gasteiger charge is 2.07. The molecule has 1 atom stereocenters. The molecule has 0 heterocycles. The number of benzene rings is 2. The lowest BCUT2D eigenvalue weighted by molar-refractivity contribution is 0.148. The zero-order valence-corrected chi connectivity index (χ0v) is 12.8. The van der Waals surface area contributed by atoms with Gasteiger partial charge in [-0.2, -0.15) is 0 Å². The van der Waals surface area contributed by atoms with Crippen LogP contribution in [0.15, 0.2) is 40.9 Å². The SMILES string of the molecule is CN(C)CC(O)CNc1ccc(Br)c2ccccc12. The van der Waals surface area contributed by atoms with Crippen molar-refractivity contribution < 1.29 is 5.11 Å². The summed E-state index contributed by atoms with van der Waals surface area (Å²) in [5, 5.41) is 15.6. The van der Waals surface area contributed by atoms with Crippen LogP contribution >= 0.6 is 15.9 Å². The number of halogens is 1. The predicted molar refractivity (Wildman–Crippen MR) is 84.7 cm³/mol. The Morgan fingerprint density at radius 1 is 1.16 bits per heavy atom. The molecule has 2 rings (SSSR count). The lowest BCUT2D eigenvalue weighted by Gasteiger charge is -2.18. The van der Waals surface area contributed by atoms with Crippen molar-refractivity contribution in [3.05, 3.63) is 40.9 Å². The molecule has 0 fully saturated rings. The average molecular weight is 323 g/mol. The van der Waals surface area contributed by atoms with Crippen LogP contribution in [-0.2, 0) is 0 Å². The maximum absolute atomic E-state index is 9.89. The zero-order valence-electron chi connectivity index (χ0n) is 11.2. The number of aliphatic hydroxyl groups excluding tert-OH is 1. The number of anilines is 1. The molecule has 2 aromatic carbocycles. The minimum atomic E-state index is -0.377. The fourth-order valence-corrected chi connectivity index (χ4v) is 2.61. The number of likely N-dealkylation sites (N-methyl/N-ethyl adjacent to an activating group) is 1. The van der Waals surface area contributed by atoms with E-state index in [-0.39, 0.29) is 6.10 Å². The van der Waals surface area contributed by atoms with Gasteiger partial charge in [-0.25, -0.2) is 0 Å². The van der Waals surface area contributed by atoms with Crippen LogP contribution in [-0.4, -0.2) is 43.3 Å². The molecule has 0 amide bonds. The Morgan fingerprint density at radius 2 is 1.84 bits per heavy atom. The van der Waals surface area contributed by atoms with Crippen LogP contribution in [0.3, 0.4) is 0 Å². The van der Waals surface area contributed by atoms with Gasteiger partial charge in [0.15, 0.2) is 0 Å². The largest absolute Gasteiger partial charge is 0.390 e. The molecule has 0 bridgehead atoms. The van der Waals surface area contributed by atoms with E-state index in [9.17, 15) is 5.11 Å². The first-order valence-electron chi connectivity index (χ1n) is 6.32. The van der Waals surface area contributed by atoms with Gasteiger partial charge in [-0.1, -0.05) is 40.2 Å². The quantitative estimate of drug-likeness (QED) is 0.888. The van der Waals surface area contributed by atoms with Gasteiger partial charge in [0.2, 0.25) is 0 Å². The third-order valence-electron chi connectivity index (χ3n) is 2.97. The van der Waals surface area contributed by atoms with Crippen LogP contribution in [0.1, 0.15) is 0 Å². The van der Waals surface area contributed by atoms with Crippen molar-refractivity contribution in [3.63, 3.8) is 0 Å². The molecule has 0 spiro atoms. The first-order chi connectivity index (χ1) is 9.08. The summed E-state index contributed by atoms with van der Waals surface area (Å²) in [5.41, 5.74) is 1.05. The van der Waals surface area contributed by atoms with E-state index >= 15 is 0 Å². The van der Waals surface area contributed by atoms with Crippen molar-refractivity contribution in [2.75, 3.05) is 32.5 Å². The molecule has 0 saturated heterocycles. The van der Waals surface area contributed by atoms with E-state index < -0.39 is 0 Å². The smallest absolute Gasteiger partial charge is 0.0838 e. The van der Waals surface area contributed by atoms with Gasteiger partial charge in [0.1, 0.15) is 0 Å². The zero-order chi connectivity index (χ0) is 13.8. The van der Waals surface area contributed by atoms with Crippen molar-refractivity contribution in [3.8, 4) is 0 Å². The molecule has 2 aromatic rings. The van der Waals surface area contributed by atoms with Crippen LogP contribution in [0.25, 0.3) is 10.8 Å².